The summed E-state index contributed by atoms with van der Waals surface area (Å²) in [5.74, 6) is 0.654. The van der Waals surface area contributed by atoms with Crippen molar-refractivity contribution in [1.29, 1.82) is 0 Å². The minimum Gasteiger partial charge on any atom is -0.341 e. The maximum atomic E-state index is 12.7. The average molecular weight is 319 g/mol. The van der Waals surface area contributed by atoms with Crippen molar-refractivity contribution >= 4 is 11.7 Å². The van der Waals surface area contributed by atoms with Gasteiger partial charge < -0.3 is 4.90 Å². The van der Waals surface area contributed by atoms with E-state index in [9.17, 15) is 9.59 Å². The van der Waals surface area contributed by atoms with E-state index in [-0.39, 0.29) is 11.7 Å². The van der Waals surface area contributed by atoms with Crippen LogP contribution in [0.3, 0.4) is 0 Å². The zero-order valence-corrected chi connectivity index (χ0v) is 13.9. The van der Waals surface area contributed by atoms with Crippen molar-refractivity contribution < 1.29 is 9.59 Å². The second-order valence-corrected chi connectivity index (χ2v) is 6.97. The summed E-state index contributed by atoms with van der Waals surface area (Å²) in [5.41, 5.74) is 3.89. The second-order valence-electron chi connectivity index (χ2n) is 6.97. The molecule has 1 amide bonds. The maximum absolute atomic E-state index is 12.7. The van der Waals surface area contributed by atoms with Crippen molar-refractivity contribution in [3.05, 3.63) is 59.2 Å². The Bertz CT molecular complexity index is 818. The number of rotatable bonds is 3. The number of hydrogen-bond donors (Lipinski definition) is 0. The Kier molecular flexibility index (Phi) is 3.72. The lowest BCUT2D eigenvalue weighted by Crippen LogP contribution is -2.31. The first-order valence-corrected chi connectivity index (χ1v) is 8.69. The molecule has 0 spiro atoms. The molecule has 24 heavy (non-hydrogen) atoms. The van der Waals surface area contributed by atoms with E-state index < -0.39 is 0 Å². The van der Waals surface area contributed by atoms with Gasteiger partial charge in [0.15, 0.2) is 5.78 Å². The Morgan fingerprint density at radius 1 is 1.00 bits per heavy atom. The first-order valence-electron chi connectivity index (χ1n) is 8.69. The zero-order valence-electron chi connectivity index (χ0n) is 13.9. The fourth-order valence-electron chi connectivity index (χ4n) is 4.04. The Hall–Kier alpha value is -2.42. The fourth-order valence-corrected chi connectivity index (χ4v) is 4.04. The van der Waals surface area contributed by atoms with Crippen LogP contribution < -0.4 is 0 Å². The van der Waals surface area contributed by atoms with E-state index in [1.807, 2.05) is 48.3 Å². The van der Waals surface area contributed by atoms with Gasteiger partial charge >= 0.3 is 0 Å². The fraction of sp³-hybridized carbons (Fsp3) is 0.333. The Labute approximate surface area is 142 Å². The van der Waals surface area contributed by atoms with Crippen molar-refractivity contribution in [1.82, 2.24) is 4.90 Å². The van der Waals surface area contributed by atoms with Crippen LogP contribution in [0.2, 0.25) is 0 Å². The molecule has 0 heterocycles. The molecule has 3 nitrogen and oxygen atoms in total. The minimum atomic E-state index is 0.00783. The highest BCUT2D eigenvalue weighted by atomic mass is 16.2. The van der Waals surface area contributed by atoms with E-state index in [1.54, 1.807) is 6.07 Å². The smallest absolute Gasteiger partial charge is 0.253 e. The number of nitrogens with zero attached hydrogens (tertiary/aromatic N) is 1. The molecule has 4 rings (SSSR count). The molecule has 2 aromatic rings. The number of amides is 1. The lowest BCUT2D eigenvalue weighted by atomic mass is 10.0. The van der Waals surface area contributed by atoms with Crippen molar-refractivity contribution in [2.24, 2.45) is 5.92 Å². The van der Waals surface area contributed by atoms with Crippen LogP contribution in [0.15, 0.2) is 42.5 Å². The number of carbonyl (C=O) groups is 2. The highest BCUT2D eigenvalue weighted by Gasteiger charge is 2.28. The molecule has 0 unspecified atom stereocenters. The molecule has 2 aliphatic rings. The normalized spacial score (nSPS) is 16.1. The van der Waals surface area contributed by atoms with Crippen LogP contribution in [-0.4, -0.2) is 30.2 Å². The van der Waals surface area contributed by atoms with E-state index in [0.29, 0.717) is 17.0 Å². The van der Waals surface area contributed by atoms with E-state index in [0.717, 1.165) is 23.2 Å². The molecule has 0 aliphatic heterocycles. The molecule has 0 radical (unpaired) electrons. The lowest BCUT2D eigenvalue weighted by Gasteiger charge is -2.21. The summed E-state index contributed by atoms with van der Waals surface area (Å²) in [6.45, 7) is 0.810. The molecule has 0 bridgehead atoms. The molecule has 3 heteroatoms. The molecule has 2 aromatic carbocycles. The van der Waals surface area contributed by atoms with Crippen LogP contribution in [0, 0.1) is 5.92 Å². The molecule has 122 valence electrons. The summed E-state index contributed by atoms with van der Waals surface area (Å²) in [5, 5.41) is 0. The van der Waals surface area contributed by atoms with E-state index >= 15 is 0 Å². The monoisotopic (exact) mass is 319 g/mol. The molecule has 0 atom stereocenters. The van der Waals surface area contributed by atoms with Gasteiger partial charge in [-0.3, -0.25) is 9.59 Å². The van der Waals surface area contributed by atoms with Gasteiger partial charge in [-0.15, -0.1) is 0 Å². The van der Waals surface area contributed by atoms with Crippen LogP contribution in [0.25, 0.3) is 11.1 Å². The topological polar surface area (TPSA) is 37.4 Å². The van der Waals surface area contributed by atoms with Gasteiger partial charge in [-0.05, 0) is 42.0 Å². The third-order valence-electron chi connectivity index (χ3n) is 5.33. The summed E-state index contributed by atoms with van der Waals surface area (Å²) < 4.78 is 0. The third kappa shape index (κ3) is 2.44. The molecule has 0 N–H and O–H groups in total. The van der Waals surface area contributed by atoms with Gasteiger partial charge in [-0.25, -0.2) is 0 Å². The van der Waals surface area contributed by atoms with Crippen LogP contribution in [-0.2, 0) is 0 Å². The Balaban J connectivity index is 1.60. The number of carbonyl (C=O) groups excluding carboxylic acids is 2. The molecule has 0 saturated heterocycles. The number of hydrogen-bond acceptors (Lipinski definition) is 2. The van der Waals surface area contributed by atoms with Gasteiger partial charge in [0, 0.05) is 30.3 Å². The highest BCUT2D eigenvalue weighted by Crippen LogP contribution is 2.37. The molecule has 1 fully saturated rings. The number of fused-ring (bicyclic) bond motifs is 3. The molecular weight excluding hydrogens is 298 g/mol. The largest absolute Gasteiger partial charge is 0.341 e. The van der Waals surface area contributed by atoms with Gasteiger partial charge in [0.2, 0.25) is 0 Å². The van der Waals surface area contributed by atoms with Gasteiger partial charge in [0.05, 0.1) is 0 Å². The molecular formula is C21H21NO2. The quantitative estimate of drug-likeness (QED) is 0.727. The van der Waals surface area contributed by atoms with E-state index in [2.05, 4.69) is 0 Å². The lowest BCUT2D eigenvalue weighted by molar-refractivity contribution is 0.0773. The van der Waals surface area contributed by atoms with Gasteiger partial charge in [-0.1, -0.05) is 43.2 Å². The summed E-state index contributed by atoms with van der Waals surface area (Å²) in [7, 11) is 1.87. The van der Waals surface area contributed by atoms with Gasteiger partial charge in [0.25, 0.3) is 5.91 Å². The highest BCUT2D eigenvalue weighted by molar-refractivity contribution is 6.22. The van der Waals surface area contributed by atoms with Crippen molar-refractivity contribution in [2.45, 2.75) is 25.7 Å². The number of ketones is 1. The first-order chi connectivity index (χ1) is 11.6. The van der Waals surface area contributed by atoms with Gasteiger partial charge in [-0.2, -0.15) is 0 Å². The maximum Gasteiger partial charge on any atom is 0.253 e. The van der Waals surface area contributed by atoms with Gasteiger partial charge in [0.1, 0.15) is 0 Å². The Morgan fingerprint density at radius 3 is 2.42 bits per heavy atom. The van der Waals surface area contributed by atoms with E-state index in [4.69, 9.17) is 0 Å². The van der Waals surface area contributed by atoms with Crippen LogP contribution >= 0.6 is 0 Å². The SMILES string of the molecule is CN(CC1CCCC1)C(=O)c1ccc2c(c1)C(=O)c1ccccc1-2. The summed E-state index contributed by atoms with van der Waals surface area (Å²) in [4.78, 5) is 27.1. The zero-order chi connectivity index (χ0) is 16.7. The molecule has 2 aliphatic carbocycles. The average Bonchev–Trinajstić information content (AvgIpc) is 3.21. The van der Waals surface area contributed by atoms with Crippen LogP contribution in [0.4, 0.5) is 0 Å². The van der Waals surface area contributed by atoms with Crippen LogP contribution in [0.1, 0.15) is 52.0 Å². The van der Waals surface area contributed by atoms with Crippen molar-refractivity contribution in [2.75, 3.05) is 13.6 Å². The summed E-state index contributed by atoms with van der Waals surface area (Å²) in [6.07, 6.45) is 4.99. The minimum absolute atomic E-state index is 0.00783. The van der Waals surface area contributed by atoms with Crippen LogP contribution in [0.5, 0.6) is 0 Å². The second kappa shape index (κ2) is 5.90. The summed E-state index contributed by atoms with van der Waals surface area (Å²) >= 11 is 0. The summed E-state index contributed by atoms with van der Waals surface area (Å²) in [6, 6.07) is 13.2. The molecule has 1 saturated carbocycles. The van der Waals surface area contributed by atoms with E-state index in [1.165, 1.54) is 25.7 Å². The number of benzene rings is 2. The predicted octanol–water partition coefficient (Wildman–Crippen LogP) is 4.16. The van der Waals surface area contributed by atoms with Crippen molar-refractivity contribution in [3.8, 4) is 11.1 Å². The Morgan fingerprint density at radius 2 is 1.67 bits per heavy atom. The predicted molar refractivity (Wildman–Crippen MR) is 94.2 cm³/mol. The standard InChI is InChI=1S/C21H21NO2/c1-22(13-14-6-2-3-7-14)21(24)15-10-11-17-16-8-4-5-9-18(16)20(23)19(17)12-15/h4-5,8-12,14H,2-3,6-7,13H2,1H3. The molecule has 0 aromatic heterocycles. The van der Waals surface area contributed by atoms with Crippen molar-refractivity contribution in [3.63, 3.8) is 0 Å². The third-order valence-corrected chi connectivity index (χ3v) is 5.33. The first kappa shape index (κ1) is 15.1.